The fourth-order valence-corrected chi connectivity index (χ4v) is 3.10. The largest absolute Gasteiger partial charge is 0.546 e. The molecule has 0 aliphatic carbocycles. The van der Waals surface area contributed by atoms with E-state index in [9.17, 15) is 9.90 Å². The van der Waals surface area contributed by atoms with E-state index in [0.717, 1.165) is 29.5 Å². The van der Waals surface area contributed by atoms with Crippen LogP contribution in [-0.2, 0) is 24.1 Å². The van der Waals surface area contributed by atoms with Crippen LogP contribution in [0, 0.1) is 0 Å². The quantitative estimate of drug-likeness (QED) is 0.470. The van der Waals surface area contributed by atoms with E-state index >= 15 is 0 Å². The van der Waals surface area contributed by atoms with Crippen molar-refractivity contribution in [1.82, 2.24) is 4.98 Å². The van der Waals surface area contributed by atoms with E-state index in [1.54, 1.807) is 24.7 Å². The second-order valence-electron chi connectivity index (χ2n) is 6.45. The molecule has 0 fully saturated rings. The molecule has 0 N–H and O–H groups in total. The Morgan fingerprint density at radius 1 is 1.00 bits per heavy atom. The molecule has 0 aliphatic heterocycles. The topological polar surface area (TPSA) is 88.5 Å². The van der Waals surface area contributed by atoms with Crippen LogP contribution in [0.2, 0.25) is 0 Å². The van der Waals surface area contributed by atoms with Crippen molar-refractivity contribution >= 4 is 16.9 Å². The van der Waals surface area contributed by atoms with Crippen molar-refractivity contribution in [2.75, 3.05) is 6.61 Å². The zero-order valence-corrected chi connectivity index (χ0v) is 15.1. The highest BCUT2D eigenvalue weighted by molar-refractivity contribution is 5.86. The molecular formula is C22H18NO5-. The van der Waals surface area contributed by atoms with Gasteiger partial charge in [-0.05, 0) is 24.5 Å². The number of furan rings is 1. The Bertz CT molecular complexity index is 1080. The smallest absolute Gasteiger partial charge is 0.198 e. The molecule has 0 saturated heterocycles. The van der Waals surface area contributed by atoms with E-state index < -0.39 is 12.6 Å². The summed E-state index contributed by atoms with van der Waals surface area (Å²) in [4.78, 5) is 15.2. The van der Waals surface area contributed by atoms with Crippen LogP contribution in [0.25, 0.3) is 11.0 Å². The van der Waals surface area contributed by atoms with E-state index in [0.29, 0.717) is 23.6 Å². The molecule has 28 heavy (non-hydrogen) atoms. The molecule has 0 radical (unpaired) electrons. The van der Waals surface area contributed by atoms with Gasteiger partial charge in [-0.15, -0.1) is 0 Å². The number of carbonyl (C=O) groups is 1. The maximum absolute atomic E-state index is 10.6. The number of aliphatic carboxylic acids is 1. The van der Waals surface area contributed by atoms with Crippen LogP contribution in [0.15, 0.2) is 69.9 Å². The van der Waals surface area contributed by atoms with Gasteiger partial charge in [-0.2, -0.15) is 0 Å². The number of para-hydroxylation sites is 1. The number of carboxylic acid groups (broad SMARTS) is 1. The Hall–Kier alpha value is -3.54. The second-order valence-corrected chi connectivity index (χ2v) is 6.45. The zero-order chi connectivity index (χ0) is 19.3. The lowest BCUT2D eigenvalue weighted by Gasteiger charge is -2.06. The first kappa shape index (κ1) is 17.9. The summed E-state index contributed by atoms with van der Waals surface area (Å²) >= 11 is 0. The van der Waals surface area contributed by atoms with Gasteiger partial charge in [-0.1, -0.05) is 42.5 Å². The first-order valence-corrected chi connectivity index (χ1v) is 8.98. The number of carboxylic acids is 1. The lowest BCUT2D eigenvalue weighted by molar-refractivity contribution is -0.307. The van der Waals surface area contributed by atoms with Crippen LogP contribution >= 0.6 is 0 Å². The Balaban J connectivity index is 1.46. The Kier molecular flexibility index (Phi) is 5.10. The normalized spacial score (nSPS) is 11.0. The molecule has 0 unspecified atom stereocenters. The van der Waals surface area contributed by atoms with Crippen molar-refractivity contribution in [1.29, 1.82) is 0 Å². The van der Waals surface area contributed by atoms with E-state index in [1.165, 1.54) is 5.56 Å². The Morgan fingerprint density at radius 3 is 2.68 bits per heavy atom. The van der Waals surface area contributed by atoms with Crippen molar-refractivity contribution in [3.05, 3.63) is 83.8 Å². The molecule has 4 aromatic rings. The molecular weight excluding hydrogens is 358 g/mol. The maximum atomic E-state index is 10.6. The summed E-state index contributed by atoms with van der Waals surface area (Å²) in [6.45, 7) is -0.528. The average Bonchev–Trinajstić information content (AvgIpc) is 3.33. The number of aryl methyl sites for hydroxylation is 2. The number of carbonyl (C=O) groups excluding carboxylic acids is 1. The van der Waals surface area contributed by atoms with Gasteiger partial charge in [0.25, 0.3) is 0 Å². The van der Waals surface area contributed by atoms with Gasteiger partial charge in [0, 0.05) is 10.9 Å². The summed E-state index contributed by atoms with van der Waals surface area (Å²) < 4.78 is 16.4. The molecule has 0 aliphatic rings. The van der Waals surface area contributed by atoms with Crippen LogP contribution in [0.1, 0.15) is 22.7 Å². The van der Waals surface area contributed by atoms with Crippen molar-refractivity contribution < 1.29 is 23.5 Å². The summed E-state index contributed by atoms with van der Waals surface area (Å²) in [6.07, 6.45) is 5.49. The molecule has 6 heteroatoms. The van der Waals surface area contributed by atoms with Gasteiger partial charge < -0.3 is 23.5 Å². The number of ether oxygens (including phenoxy) is 1. The first-order chi connectivity index (χ1) is 13.7. The maximum Gasteiger partial charge on any atom is 0.198 e. The van der Waals surface area contributed by atoms with Crippen molar-refractivity contribution in [3.63, 3.8) is 0 Å². The molecule has 2 aromatic carbocycles. The number of aromatic nitrogens is 1. The van der Waals surface area contributed by atoms with Crippen LogP contribution in [0.4, 0.5) is 0 Å². The van der Waals surface area contributed by atoms with Crippen molar-refractivity contribution in [2.45, 2.75) is 19.3 Å². The van der Waals surface area contributed by atoms with Gasteiger partial charge in [0.1, 0.15) is 12.9 Å². The standard InChI is InChI=1S/C22H19NO5/c24-21(25)14-26-19-8-4-7-18-16(12-28-22(18)19)11-20-23-17(13-27-20)10-9-15-5-2-1-3-6-15/h1-8,12-13H,9-11,14H2,(H,24,25)/p-1. The second kappa shape index (κ2) is 8.00. The third kappa shape index (κ3) is 4.06. The van der Waals surface area contributed by atoms with Gasteiger partial charge in [0.15, 0.2) is 17.2 Å². The lowest BCUT2D eigenvalue weighted by Crippen LogP contribution is -2.28. The molecule has 0 atom stereocenters. The highest BCUT2D eigenvalue weighted by Gasteiger charge is 2.14. The van der Waals surface area contributed by atoms with Crippen molar-refractivity contribution in [3.8, 4) is 5.75 Å². The summed E-state index contributed by atoms with van der Waals surface area (Å²) in [5, 5.41) is 11.4. The minimum absolute atomic E-state index is 0.365. The summed E-state index contributed by atoms with van der Waals surface area (Å²) in [6, 6.07) is 15.6. The fourth-order valence-electron chi connectivity index (χ4n) is 3.10. The SMILES string of the molecule is O=C([O-])COc1cccc2c(Cc3nc(CCc4ccccc4)co3)coc12. The van der Waals surface area contributed by atoms with Crippen LogP contribution in [-0.4, -0.2) is 17.6 Å². The molecule has 0 saturated carbocycles. The Morgan fingerprint density at radius 2 is 1.86 bits per heavy atom. The first-order valence-electron chi connectivity index (χ1n) is 8.98. The minimum atomic E-state index is -1.29. The average molecular weight is 376 g/mol. The van der Waals surface area contributed by atoms with Crippen LogP contribution < -0.4 is 9.84 Å². The number of rotatable bonds is 8. The van der Waals surface area contributed by atoms with Gasteiger partial charge in [-0.25, -0.2) is 4.98 Å². The van der Waals surface area contributed by atoms with Gasteiger partial charge in [0.2, 0.25) is 0 Å². The molecule has 0 bridgehead atoms. The van der Waals surface area contributed by atoms with E-state index in [-0.39, 0.29) is 0 Å². The molecule has 142 valence electrons. The third-order valence-electron chi connectivity index (χ3n) is 4.44. The number of hydrogen-bond acceptors (Lipinski definition) is 6. The van der Waals surface area contributed by atoms with Crippen LogP contribution in [0.5, 0.6) is 5.75 Å². The molecule has 0 spiro atoms. The molecule has 0 amide bonds. The minimum Gasteiger partial charge on any atom is -0.546 e. The van der Waals surface area contributed by atoms with Crippen molar-refractivity contribution in [2.24, 2.45) is 0 Å². The highest BCUT2D eigenvalue weighted by Crippen LogP contribution is 2.31. The van der Waals surface area contributed by atoms with E-state index in [4.69, 9.17) is 13.6 Å². The third-order valence-corrected chi connectivity index (χ3v) is 4.44. The zero-order valence-electron chi connectivity index (χ0n) is 15.1. The molecule has 4 rings (SSSR count). The number of fused-ring (bicyclic) bond motifs is 1. The molecule has 6 nitrogen and oxygen atoms in total. The van der Waals surface area contributed by atoms with Gasteiger partial charge >= 0.3 is 0 Å². The Labute approximate surface area is 161 Å². The van der Waals surface area contributed by atoms with Crippen LogP contribution in [0.3, 0.4) is 0 Å². The monoisotopic (exact) mass is 376 g/mol. The number of hydrogen-bond donors (Lipinski definition) is 0. The highest BCUT2D eigenvalue weighted by atomic mass is 16.5. The van der Waals surface area contributed by atoms with E-state index in [2.05, 4.69) is 17.1 Å². The van der Waals surface area contributed by atoms with Gasteiger partial charge in [-0.3, -0.25) is 0 Å². The predicted molar refractivity (Wildman–Crippen MR) is 99.9 cm³/mol. The summed E-state index contributed by atoms with van der Waals surface area (Å²) in [5.74, 6) is -0.317. The number of benzene rings is 2. The summed E-state index contributed by atoms with van der Waals surface area (Å²) in [5.41, 5.74) is 3.56. The number of nitrogens with zero attached hydrogens (tertiary/aromatic N) is 1. The number of oxazole rings is 1. The predicted octanol–water partition coefficient (Wildman–Crippen LogP) is 2.93. The van der Waals surface area contributed by atoms with Gasteiger partial charge in [0.05, 0.1) is 24.3 Å². The van der Waals surface area contributed by atoms with E-state index in [1.807, 2.05) is 24.3 Å². The lowest BCUT2D eigenvalue weighted by atomic mass is 10.1. The fraction of sp³-hybridized carbons (Fsp3) is 0.182. The molecule has 2 aromatic heterocycles. The summed E-state index contributed by atoms with van der Waals surface area (Å²) in [7, 11) is 0. The molecule has 2 heterocycles.